The van der Waals surface area contributed by atoms with Crippen molar-refractivity contribution in [1.29, 1.82) is 0 Å². The summed E-state index contributed by atoms with van der Waals surface area (Å²) in [6, 6.07) is 6.72. The molecule has 0 amide bonds. The van der Waals surface area contributed by atoms with E-state index in [2.05, 4.69) is 32.3 Å². The van der Waals surface area contributed by atoms with Crippen molar-refractivity contribution in [1.82, 2.24) is 9.97 Å². The average molecular weight is 299 g/mol. The molecule has 0 saturated carbocycles. The number of aliphatic imine (C=N–C) groups is 1. The zero-order valence-electron chi connectivity index (χ0n) is 9.05. The first kappa shape index (κ1) is 14.5. The third-order valence-corrected chi connectivity index (χ3v) is 2.16. The zero-order valence-corrected chi connectivity index (χ0v) is 11.4. The lowest BCUT2D eigenvalue weighted by molar-refractivity contribution is 1.28. The minimum Gasteiger partial charge on any atom is -0.384 e. The van der Waals surface area contributed by atoms with Crippen molar-refractivity contribution in [3.05, 3.63) is 46.7 Å². The second kappa shape index (κ2) is 7.74. The number of hydrogen-bond acceptors (Lipinski definition) is 5. The quantitative estimate of drug-likeness (QED) is 0.643. The van der Waals surface area contributed by atoms with Gasteiger partial charge < -0.3 is 5.73 Å². The Labute approximate surface area is 119 Å². The molecule has 0 fully saturated rings. The van der Waals surface area contributed by atoms with Gasteiger partial charge >= 0.3 is 0 Å². The summed E-state index contributed by atoms with van der Waals surface area (Å²) in [7, 11) is 0. The van der Waals surface area contributed by atoms with Gasteiger partial charge in [0, 0.05) is 12.4 Å². The van der Waals surface area contributed by atoms with Crippen molar-refractivity contribution in [2.45, 2.75) is 0 Å². The van der Waals surface area contributed by atoms with Crippen LogP contribution in [0.5, 0.6) is 0 Å². The number of thiocarbonyl (C=S) groups is 1. The molecule has 0 bridgehead atoms. The van der Waals surface area contributed by atoms with E-state index in [-0.39, 0.29) is 0 Å². The van der Waals surface area contributed by atoms with Gasteiger partial charge in [-0.2, -0.15) is 4.99 Å². The molecule has 7 heteroatoms. The van der Waals surface area contributed by atoms with Crippen molar-refractivity contribution in [2.24, 2.45) is 4.99 Å². The summed E-state index contributed by atoms with van der Waals surface area (Å²) in [5.74, 6) is 1.02. The average Bonchev–Trinajstić information content (AvgIpc) is 2.37. The van der Waals surface area contributed by atoms with Gasteiger partial charge in [0.15, 0.2) is 5.82 Å². The van der Waals surface area contributed by atoms with Crippen LogP contribution in [0.15, 0.2) is 41.7 Å². The van der Waals surface area contributed by atoms with E-state index >= 15 is 0 Å². The molecule has 4 nitrogen and oxygen atoms in total. The van der Waals surface area contributed by atoms with Crippen LogP contribution < -0.4 is 5.73 Å². The highest BCUT2D eigenvalue weighted by molar-refractivity contribution is 7.78. The summed E-state index contributed by atoms with van der Waals surface area (Å²) in [6.45, 7) is 0. The fraction of sp³-hybridized carbons (Fsp3) is 0. The highest BCUT2D eigenvalue weighted by atomic mass is 35.5. The zero-order chi connectivity index (χ0) is 13.4. The van der Waals surface area contributed by atoms with Crippen LogP contribution in [-0.2, 0) is 0 Å². The Kier molecular flexibility index (Phi) is 6.25. The van der Waals surface area contributed by atoms with Gasteiger partial charge in [0.1, 0.15) is 5.82 Å². The maximum absolute atomic E-state index is 5.56. The number of hydrogen-bond donors (Lipinski definition) is 1. The van der Waals surface area contributed by atoms with Crippen LogP contribution in [0.25, 0.3) is 0 Å². The van der Waals surface area contributed by atoms with Crippen LogP contribution in [0.1, 0.15) is 0 Å². The molecular formula is C11H8Cl2N4S. The highest BCUT2D eigenvalue weighted by Crippen LogP contribution is 2.10. The fourth-order valence-electron chi connectivity index (χ4n) is 0.868. The third-order valence-electron chi connectivity index (χ3n) is 1.62. The van der Waals surface area contributed by atoms with Crippen molar-refractivity contribution >= 4 is 52.2 Å². The fourth-order valence-corrected chi connectivity index (χ4v) is 1.19. The molecule has 2 rings (SSSR count). The van der Waals surface area contributed by atoms with Crippen molar-refractivity contribution < 1.29 is 0 Å². The summed E-state index contributed by atoms with van der Waals surface area (Å²) in [5, 5.41) is 3.40. The molecule has 0 saturated heterocycles. The standard InChI is InChI=1S/C6H3ClN2S.C5H5ClN2/c7-5-1-2-6(8-3-5)9-4-10;6-4-1-2-5(7)8-3-4/h1-3H;1-3H,(H2,7,8). The van der Waals surface area contributed by atoms with Gasteiger partial charge in [-0.1, -0.05) is 23.2 Å². The van der Waals surface area contributed by atoms with Crippen LogP contribution in [0, 0.1) is 0 Å². The number of nitrogens with zero attached hydrogens (tertiary/aromatic N) is 3. The van der Waals surface area contributed by atoms with Gasteiger partial charge in [-0.25, -0.2) is 9.97 Å². The lowest BCUT2D eigenvalue weighted by Crippen LogP contribution is -1.86. The molecule has 0 aliphatic rings. The van der Waals surface area contributed by atoms with E-state index in [1.807, 2.05) is 0 Å². The van der Waals surface area contributed by atoms with Crippen molar-refractivity contribution in [3.8, 4) is 0 Å². The Morgan fingerprint density at radius 1 is 1.06 bits per heavy atom. The topological polar surface area (TPSA) is 64.2 Å². The lowest BCUT2D eigenvalue weighted by atomic mass is 10.5. The van der Waals surface area contributed by atoms with Gasteiger partial charge in [0.2, 0.25) is 0 Å². The number of halogens is 2. The number of anilines is 1. The predicted octanol–water partition coefficient (Wildman–Crippen LogP) is 3.79. The second-order valence-corrected chi connectivity index (χ2v) is 3.99. The lowest BCUT2D eigenvalue weighted by Gasteiger charge is -1.87. The first-order chi connectivity index (χ1) is 8.61. The molecule has 2 N–H and O–H groups in total. The summed E-state index contributed by atoms with van der Waals surface area (Å²) in [4.78, 5) is 11.2. The molecule has 18 heavy (non-hydrogen) atoms. The van der Waals surface area contributed by atoms with E-state index in [0.29, 0.717) is 21.7 Å². The number of pyridine rings is 2. The summed E-state index contributed by atoms with van der Waals surface area (Å²) < 4.78 is 0. The molecule has 2 aromatic heterocycles. The van der Waals surface area contributed by atoms with Crippen molar-refractivity contribution in [3.63, 3.8) is 0 Å². The van der Waals surface area contributed by atoms with Gasteiger partial charge in [-0.15, -0.1) is 0 Å². The van der Waals surface area contributed by atoms with Crippen LogP contribution in [0.3, 0.4) is 0 Å². The van der Waals surface area contributed by atoms with Gasteiger partial charge in [-0.05, 0) is 36.5 Å². The number of nitrogens with two attached hydrogens (primary N) is 1. The molecule has 92 valence electrons. The van der Waals surface area contributed by atoms with Gasteiger partial charge in [0.05, 0.1) is 15.2 Å². The van der Waals surface area contributed by atoms with E-state index in [9.17, 15) is 0 Å². The van der Waals surface area contributed by atoms with E-state index < -0.39 is 0 Å². The molecule has 0 radical (unpaired) electrons. The van der Waals surface area contributed by atoms with Crippen LogP contribution in [0.2, 0.25) is 10.0 Å². The normalized spacial score (nSPS) is 8.78. The first-order valence-corrected chi connectivity index (χ1v) is 5.84. The molecule has 2 heterocycles. The molecule has 0 aliphatic carbocycles. The Balaban J connectivity index is 0.000000184. The van der Waals surface area contributed by atoms with E-state index in [4.69, 9.17) is 28.9 Å². The largest absolute Gasteiger partial charge is 0.384 e. The van der Waals surface area contributed by atoms with E-state index in [1.165, 1.54) is 12.4 Å². The maximum atomic E-state index is 5.56. The molecule has 0 atom stereocenters. The molecular weight excluding hydrogens is 291 g/mol. The van der Waals surface area contributed by atoms with E-state index in [0.717, 1.165) is 0 Å². The number of isothiocyanates is 1. The molecule has 0 aromatic carbocycles. The summed E-state index contributed by atoms with van der Waals surface area (Å²) in [5.41, 5.74) is 5.26. The Bertz CT molecular complexity index is 515. The number of nitrogen functional groups attached to an aromatic ring is 1. The number of rotatable bonds is 1. The Hall–Kier alpha value is -1.52. The Morgan fingerprint density at radius 2 is 1.67 bits per heavy atom. The van der Waals surface area contributed by atoms with Crippen LogP contribution in [-0.4, -0.2) is 15.1 Å². The summed E-state index contributed by atoms with van der Waals surface area (Å²) in [6.07, 6.45) is 3.02. The molecule has 0 spiro atoms. The van der Waals surface area contributed by atoms with Crippen molar-refractivity contribution in [2.75, 3.05) is 5.73 Å². The molecule has 0 unspecified atom stereocenters. The minimum absolute atomic E-state index is 0.495. The second-order valence-electron chi connectivity index (χ2n) is 2.94. The van der Waals surface area contributed by atoms with Gasteiger partial charge in [-0.3, -0.25) is 0 Å². The van der Waals surface area contributed by atoms with Gasteiger partial charge in [0.25, 0.3) is 0 Å². The first-order valence-electron chi connectivity index (χ1n) is 4.68. The van der Waals surface area contributed by atoms with Crippen LogP contribution in [0.4, 0.5) is 11.6 Å². The molecule has 0 aliphatic heterocycles. The summed E-state index contributed by atoms with van der Waals surface area (Å²) >= 11 is 15.4. The smallest absolute Gasteiger partial charge is 0.162 e. The minimum atomic E-state index is 0.495. The predicted molar refractivity (Wildman–Crippen MR) is 77.6 cm³/mol. The van der Waals surface area contributed by atoms with E-state index in [1.54, 1.807) is 24.3 Å². The monoisotopic (exact) mass is 298 g/mol. The highest BCUT2D eigenvalue weighted by Gasteiger charge is 1.87. The van der Waals surface area contributed by atoms with Crippen LogP contribution >= 0.6 is 35.4 Å². The third kappa shape index (κ3) is 5.70. The SMILES string of the molecule is Nc1ccc(Cl)cn1.S=C=Nc1ccc(Cl)cn1. The maximum Gasteiger partial charge on any atom is 0.162 e. The number of aromatic nitrogens is 2. The Morgan fingerprint density at radius 3 is 2.06 bits per heavy atom. The molecule has 2 aromatic rings.